The summed E-state index contributed by atoms with van der Waals surface area (Å²) in [6, 6.07) is 7.18. The molecule has 0 amide bonds. The molecule has 2 aromatic heterocycles. The van der Waals surface area contributed by atoms with E-state index in [1.807, 2.05) is 22.7 Å². The second-order valence-corrected chi connectivity index (χ2v) is 9.21. The van der Waals surface area contributed by atoms with Crippen LogP contribution in [0.4, 0.5) is 0 Å². The Labute approximate surface area is 146 Å². The largest absolute Gasteiger partial charge is 0.309 e. The van der Waals surface area contributed by atoms with Crippen LogP contribution in [0.1, 0.15) is 40.9 Å². The van der Waals surface area contributed by atoms with Crippen molar-refractivity contribution < 1.29 is 0 Å². The molecule has 2 aromatic rings. The standard InChI is InChI=1S/C15H19Br2NS2/c1-3-7-18-13(14-9-12(16)15(17)20-14)8-11-6-5-10(4-2)19-11/h5-6,9,13,18H,3-4,7-8H2,1-2H3. The summed E-state index contributed by atoms with van der Waals surface area (Å²) in [7, 11) is 0. The molecule has 0 fully saturated rings. The van der Waals surface area contributed by atoms with Crippen molar-refractivity contribution in [2.24, 2.45) is 0 Å². The van der Waals surface area contributed by atoms with Crippen LogP contribution in [0, 0.1) is 0 Å². The van der Waals surface area contributed by atoms with Crippen molar-refractivity contribution in [2.45, 2.75) is 39.2 Å². The molecule has 0 saturated heterocycles. The van der Waals surface area contributed by atoms with Crippen LogP contribution in [-0.2, 0) is 12.8 Å². The zero-order chi connectivity index (χ0) is 14.5. The van der Waals surface area contributed by atoms with Crippen molar-refractivity contribution in [3.05, 3.63) is 41.1 Å². The summed E-state index contributed by atoms with van der Waals surface area (Å²) >= 11 is 10.9. The van der Waals surface area contributed by atoms with E-state index < -0.39 is 0 Å². The van der Waals surface area contributed by atoms with Gasteiger partial charge < -0.3 is 5.32 Å². The lowest BCUT2D eigenvalue weighted by molar-refractivity contribution is 0.539. The normalized spacial score (nSPS) is 12.8. The third-order valence-electron chi connectivity index (χ3n) is 3.12. The minimum Gasteiger partial charge on any atom is -0.309 e. The van der Waals surface area contributed by atoms with E-state index in [4.69, 9.17) is 0 Å². The Morgan fingerprint density at radius 1 is 1.15 bits per heavy atom. The number of thiophene rings is 2. The predicted molar refractivity (Wildman–Crippen MR) is 98.2 cm³/mol. The SMILES string of the molecule is CCCNC(Cc1ccc(CC)s1)c1cc(Br)c(Br)s1. The van der Waals surface area contributed by atoms with Crippen LogP contribution in [0.2, 0.25) is 0 Å². The van der Waals surface area contributed by atoms with Gasteiger partial charge in [-0.15, -0.1) is 22.7 Å². The monoisotopic (exact) mass is 435 g/mol. The van der Waals surface area contributed by atoms with Crippen molar-refractivity contribution >= 4 is 54.5 Å². The highest BCUT2D eigenvalue weighted by atomic mass is 79.9. The average molecular weight is 437 g/mol. The summed E-state index contributed by atoms with van der Waals surface area (Å²) in [5.74, 6) is 0. The first kappa shape index (κ1) is 16.7. The van der Waals surface area contributed by atoms with Gasteiger partial charge in [0, 0.05) is 31.6 Å². The first-order valence-corrected chi connectivity index (χ1v) is 10.1. The predicted octanol–water partition coefficient (Wildman–Crippen LogP) is 6.18. The molecular formula is C15H19Br2NS2. The van der Waals surface area contributed by atoms with Crippen molar-refractivity contribution in [1.82, 2.24) is 5.32 Å². The number of halogens is 2. The van der Waals surface area contributed by atoms with Crippen LogP contribution in [0.5, 0.6) is 0 Å². The zero-order valence-electron chi connectivity index (χ0n) is 11.7. The second-order valence-electron chi connectivity index (χ2n) is 4.70. The van der Waals surface area contributed by atoms with Gasteiger partial charge in [-0.05, 0) is 69.4 Å². The minimum absolute atomic E-state index is 0.408. The third kappa shape index (κ3) is 4.41. The first-order valence-electron chi connectivity index (χ1n) is 6.89. The smallest absolute Gasteiger partial charge is 0.0843 e. The fraction of sp³-hybridized carbons (Fsp3) is 0.467. The van der Waals surface area contributed by atoms with Crippen LogP contribution < -0.4 is 5.32 Å². The van der Waals surface area contributed by atoms with Crippen LogP contribution in [0.15, 0.2) is 26.5 Å². The van der Waals surface area contributed by atoms with Gasteiger partial charge in [-0.2, -0.15) is 0 Å². The van der Waals surface area contributed by atoms with Gasteiger partial charge in [0.2, 0.25) is 0 Å². The Balaban J connectivity index is 2.14. The Kier molecular flexibility index (Phi) is 6.75. The molecule has 0 radical (unpaired) electrons. The van der Waals surface area contributed by atoms with Gasteiger partial charge in [-0.3, -0.25) is 0 Å². The van der Waals surface area contributed by atoms with Crippen molar-refractivity contribution in [2.75, 3.05) is 6.54 Å². The van der Waals surface area contributed by atoms with Gasteiger partial charge in [0.25, 0.3) is 0 Å². The van der Waals surface area contributed by atoms with Gasteiger partial charge in [-0.25, -0.2) is 0 Å². The lowest BCUT2D eigenvalue weighted by atomic mass is 10.1. The van der Waals surface area contributed by atoms with Crippen LogP contribution in [0.25, 0.3) is 0 Å². The minimum atomic E-state index is 0.408. The molecule has 0 aliphatic carbocycles. The van der Waals surface area contributed by atoms with Gasteiger partial charge in [0.15, 0.2) is 0 Å². The van der Waals surface area contributed by atoms with Gasteiger partial charge in [-0.1, -0.05) is 13.8 Å². The highest BCUT2D eigenvalue weighted by Crippen LogP contribution is 2.37. The maximum Gasteiger partial charge on any atom is 0.0843 e. The third-order valence-corrected chi connectivity index (χ3v) is 7.74. The van der Waals surface area contributed by atoms with Crippen molar-refractivity contribution in [3.63, 3.8) is 0 Å². The molecule has 0 saturated carbocycles. The molecular weight excluding hydrogens is 418 g/mol. The van der Waals surface area contributed by atoms with E-state index in [0.717, 1.165) is 30.3 Å². The fourth-order valence-corrected chi connectivity index (χ4v) is 5.22. The molecule has 0 aromatic carbocycles. The summed E-state index contributed by atoms with van der Waals surface area (Å²) in [4.78, 5) is 4.34. The highest BCUT2D eigenvalue weighted by molar-refractivity contribution is 9.13. The molecule has 1 atom stereocenters. The topological polar surface area (TPSA) is 12.0 Å². The molecule has 110 valence electrons. The molecule has 0 bridgehead atoms. The second kappa shape index (κ2) is 8.08. The van der Waals surface area contributed by atoms with E-state index in [2.05, 4.69) is 69.2 Å². The number of aryl methyl sites for hydroxylation is 1. The van der Waals surface area contributed by atoms with Crippen LogP contribution in [0.3, 0.4) is 0 Å². The van der Waals surface area contributed by atoms with Crippen molar-refractivity contribution in [1.29, 1.82) is 0 Å². The summed E-state index contributed by atoms with van der Waals surface area (Å²) < 4.78 is 2.33. The van der Waals surface area contributed by atoms with E-state index in [0.29, 0.717) is 6.04 Å². The summed E-state index contributed by atoms with van der Waals surface area (Å²) in [5, 5.41) is 3.68. The maximum absolute atomic E-state index is 3.68. The highest BCUT2D eigenvalue weighted by Gasteiger charge is 2.16. The molecule has 20 heavy (non-hydrogen) atoms. The van der Waals surface area contributed by atoms with Gasteiger partial charge in [0.1, 0.15) is 0 Å². The Bertz CT molecular complexity index is 528. The van der Waals surface area contributed by atoms with E-state index >= 15 is 0 Å². The molecule has 1 nitrogen and oxygen atoms in total. The van der Waals surface area contributed by atoms with E-state index in [-0.39, 0.29) is 0 Å². The Morgan fingerprint density at radius 2 is 1.90 bits per heavy atom. The lowest BCUT2D eigenvalue weighted by Crippen LogP contribution is -2.22. The maximum atomic E-state index is 3.68. The first-order chi connectivity index (χ1) is 9.63. The molecule has 0 aliphatic heterocycles. The molecule has 0 aliphatic rings. The molecule has 2 heterocycles. The quantitative estimate of drug-likeness (QED) is 0.546. The number of hydrogen-bond donors (Lipinski definition) is 1. The average Bonchev–Trinajstić information content (AvgIpc) is 3.02. The van der Waals surface area contributed by atoms with Gasteiger partial charge in [0.05, 0.1) is 3.79 Å². The molecule has 1 N–H and O–H groups in total. The molecule has 0 spiro atoms. The zero-order valence-corrected chi connectivity index (χ0v) is 16.5. The fourth-order valence-electron chi connectivity index (χ4n) is 2.05. The number of rotatable bonds is 7. The van der Waals surface area contributed by atoms with Crippen LogP contribution >= 0.6 is 54.5 Å². The number of nitrogens with one attached hydrogen (secondary N) is 1. The molecule has 2 rings (SSSR count). The lowest BCUT2D eigenvalue weighted by Gasteiger charge is -2.16. The molecule has 1 unspecified atom stereocenters. The van der Waals surface area contributed by atoms with Crippen molar-refractivity contribution in [3.8, 4) is 0 Å². The van der Waals surface area contributed by atoms with E-state index in [9.17, 15) is 0 Å². The van der Waals surface area contributed by atoms with Gasteiger partial charge >= 0.3 is 0 Å². The van der Waals surface area contributed by atoms with E-state index in [1.54, 1.807) is 0 Å². The molecule has 5 heteroatoms. The summed E-state index contributed by atoms with van der Waals surface area (Å²) in [6.45, 7) is 5.49. The van der Waals surface area contributed by atoms with E-state index in [1.165, 1.54) is 18.4 Å². The summed E-state index contributed by atoms with van der Waals surface area (Å²) in [6.07, 6.45) is 3.37. The Hall–Kier alpha value is 0.320. The summed E-state index contributed by atoms with van der Waals surface area (Å²) in [5.41, 5.74) is 0. The van der Waals surface area contributed by atoms with Crippen LogP contribution in [-0.4, -0.2) is 6.54 Å². The number of hydrogen-bond acceptors (Lipinski definition) is 3. The Morgan fingerprint density at radius 3 is 2.45 bits per heavy atom.